The minimum atomic E-state index is -1.91. The maximum absolute atomic E-state index is 15.0. The molecular formula is C53H56Cl2N8O15. The predicted molar refractivity (Wildman–Crippen MR) is 279 cm³/mol. The molecule has 0 unspecified atom stereocenters. The van der Waals surface area contributed by atoms with Gasteiger partial charge in [-0.1, -0.05) is 55.2 Å². The van der Waals surface area contributed by atoms with Crippen molar-refractivity contribution in [1.29, 1.82) is 0 Å². The molecule has 5 heterocycles. The van der Waals surface area contributed by atoms with Gasteiger partial charge in [-0.05, 0) is 102 Å². The van der Waals surface area contributed by atoms with E-state index < -0.39 is 133 Å². The lowest BCUT2D eigenvalue weighted by Crippen LogP contribution is -2.58. The molecule has 5 aromatic carbocycles. The Labute approximate surface area is 455 Å². The summed E-state index contributed by atoms with van der Waals surface area (Å²) in [5.74, 6) is -9.27. The van der Waals surface area contributed by atoms with Crippen molar-refractivity contribution in [2.45, 2.75) is 81.2 Å². The lowest BCUT2D eigenvalue weighted by Gasteiger charge is -2.32. The first kappa shape index (κ1) is 56.3. The van der Waals surface area contributed by atoms with Crippen LogP contribution in [-0.2, 0) is 28.8 Å². The molecule has 23 nitrogen and oxygen atoms in total. The largest absolute Gasteiger partial charge is 0.508 e. The van der Waals surface area contributed by atoms with E-state index in [1.807, 2.05) is 13.8 Å². The highest BCUT2D eigenvalue weighted by Crippen LogP contribution is 2.47. The third-order valence-electron chi connectivity index (χ3n) is 13.4. The molecule has 0 saturated heterocycles. The fraction of sp³-hybridized carbons (Fsp3) is 0.321. The molecule has 0 fully saturated rings. The second-order valence-corrected chi connectivity index (χ2v) is 20.2. The molecule has 5 aromatic rings. The number of carbonyl (C=O) groups is 6. The molecule has 11 bridgehead atoms. The second kappa shape index (κ2) is 23.4. The summed E-state index contributed by atoms with van der Waals surface area (Å²) in [5, 5.41) is 98.4. The molecular weight excluding hydrogens is 1060 g/mol. The van der Waals surface area contributed by atoms with E-state index in [1.165, 1.54) is 73.8 Å². The van der Waals surface area contributed by atoms with Crippen LogP contribution >= 0.6 is 23.2 Å². The Bertz CT molecular complexity index is 3200. The number of halogens is 2. The van der Waals surface area contributed by atoms with Crippen LogP contribution in [0.4, 0.5) is 0 Å². The molecule has 9 atom stereocenters. The number of fused-ring (bicyclic) bond motifs is 15. The Kier molecular flexibility index (Phi) is 16.9. The van der Waals surface area contributed by atoms with E-state index >= 15 is 0 Å². The highest BCUT2D eigenvalue weighted by atomic mass is 35.5. The first-order chi connectivity index (χ1) is 37.0. The van der Waals surface area contributed by atoms with E-state index in [1.54, 1.807) is 0 Å². The lowest BCUT2D eigenvalue weighted by molar-refractivity contribution is -0.136. The van der Waals surface area contributed by atoms with Crippen LogP contribution in [0.15, 0.2) is 78.9 Å². The molecule has 5 aliphatic heterocycles. The summed E-state index contributed by atoms with van der Waals surface area (Å²) >= 11 is 13.6. The third kappa shape index (κ3) is 12.0. The number of ether oxygens (including phenoxy) is 2. The normalized spacial score (nSPS) is 22.8. The number of aliphatic hydroxyl groups excluding tert-OH is 3. The van der Waals surface area contributed by atoms with E-state index in [-0.39, 0.29) is 77.9 Å². The van der Waals surface area contributed by atoms with Crippen molar-refractivity contribution in [3.05, 3.63) is 117 Å². The van der Waals surface area contributed by atoms with Crippen LogP contribution in [0.25, 0.3) is 11.1 Å². The number of aliphatic hydroxyl groups is 3. The zero-order chi connectivity index (χ0) is 56.4. The van der Waals surface area contributed by atoms with Gasteiger partial charge in [0.2, 0.25) is 41.2 Å². The molecule has 25 heteroatoms. The number of phenolic OH excluding ortho intramolecular Hbond substituents is 4. The molecule has 0 radical (unpaired) electrons. The van der Waals surface area contributed by atoms with Crippen molar-refractivity contribution in [3.8, 4) is 57.1 Å². The van der Waals surface area contributed by atoms with Crippen LogP contribution in [0.2, 0.25) is 10.0 Å². The maximum atomic E-state index is 15.0. The van der Waals surface area contributed by atoms with Crippen molar-refractivity contribution >= 4 is 58.6 Å². The number of aromatic hydroxyl groups is 4. The molecule has 5 aliphatic rings. The molecule has 0 aliphatic carbocycles. The van der Waals surface area contributed by atoms with Crippen LogP contribution in [-0.4, -0.2) is 116 Å². The molecule has 6 amide bonds. The third-order valence-corrected chi connectivity index (χ3v) is 14.0. The van der Waals surface area contributed by atoms with Crippen molar-refractivity contribution in [1.82, 2.24) is 37.2 Å². The van der Waals surface area contributed by atoms with Gasteiger partial charge in [-0.25, -0.2) is 0 Å². The number of nitrogens with two attached hydrogens (primary N) is 1. The second-order valence-electron chi connectivity index (χ2n) is 19.4. The van der Waals surface area contributed by atoms with Gasteiger partial charge in [-0.15, -0.1) is 0 Å². The number of likely N-dealkylation sites (N-methyl/N-ethyl adjacent to an activating group) is 1. The molecule has 412 valence electrons. The zero-order valence-electron chi connectivity index (χ0n) is 41.8. The molecule has 0 saturated carbocycles. The summed E-state index contributed by atoms with van der Waals surface area (Å²) in [5.41, 5.74) is 5.27. The Morgan fingerprint density at radius 1 is 0.705 bits per heavy atom. The van der Waals surface area contributed by atoms with Gasteiger partial charge in [0, 0.05) is 23.7 Å². The summed E-state index contributed by atoms with van der Waals surface area (Å²) in [4.78, 5) is 85.2. The fourth-order valence-corrected chi connectivity index (χ4v) is 9.91. The van der Waals surface area contributed by atoms with E-state index in [2.05, 4.69) is 37.2 Å². The molecule has 10 rings (SSSR count). The van der Waals surface area contributed by atoms with Gasteiger partial charge >= 0.3 is 0 Å². The average molecular weight is 1120 g/mol. The summed E-state index contributed by atoms with van der Waals surface area (Å²) < 4.78 is 12.4. The number of hydrogen-bond acceptors (Lipinski definition) is 17. The number of nitrogens with one attached hydrogen (secondary N) is 7. The number of amides is 6. The Hall–Kier alpha value is -7.90. The maximum Gasteiger partial charge on any atom is 0.246 e. The Balaban J connectivity index is 1.33. The standard InChI is InChI=1S/C53H56Cl2N8O15/c1-21(2)10-31(57-3)49(72)62-44-46(69)23-5-8-37(29(54)12-23)77-39-14-25-15-40(48(39)71)78-38-9-6-24(13-30(38)55)47(70)45-53(76)61-34(20-64)27-16-26(65)17-36(67)42(27)28-11-22(4-7-35(28)66)43(51(74)63-45)58-19-33(25)60-50(73)32(18-41(56)68)59-52(44)75/h4-9,11-17,21,31-34,43-47,57-58,64-67,69-71H,10,18-20H2,1-3H3,(H2,56,68)(H,59,75)(H,60,73)(H,61,76)(H,62,72)(H,63,74)/t31-,32+,33+,34-,43-,44-,45+,46-,47-/m1/s1. The summed E-state index contributed by atoms with van der Waals surface area (Å²) in [6.45, 7) is 2.35. The van der Waals surface area contributed by atoms with Crippen LogP contribution in [0.5, 0.6) is 46.0 Å². The Morgan fingerprint density at radius 3 is 1.91 bits per heavy atom. The van der Waals surface area contributed by atoms with E-state index in [9.17, 15) is 64.5 Å². The van der Waals surface area contributed by atoms with Crippen molar-refractivity contribution in [2.24, 2.45) is 11.7 Å². The molecule has 0 spiro atoms. The van der Waals surface area contributed by atoms with E-state index in [4.69, 9.17) is 38.4 Å². The first-order valence-electron chi connectivity index (χ1n) is 24.4. The average Bonchev–Trinajstić information content (AvgIpc) is 3.38. The molecule has 78 heavy (non-hydrogen) atoms. The van der Waals surface area contributed by atoms with Gasteiger partial charge < -0.3 is 82.9 Å². The topological polar surface area (TPSA) is 373 Å². The highest BCUT2D eigenvalue weighted by molar-refractivity contribution is 6.32. The van der Waals surface area contributed by atoms with Gasteiger partial charge in [0.05, 0.1) is 41.2 Å². The number of carbonyl (C=O) groups excluding carboxylic acids is 6. The van der Waals surface area contributed by atoms with E-state index in [0.717, 1.165) is 12.1 Å². The van der Waals surface area contributed by atoms with Gasteiger partial charge in [0.1, 0.15) is 65.1 Å². The summed E-state index contributed by atoms with van der Waals surface area (Å²) in [7, 11) is 1.53. The van der Waals surface area contributed by atoms with Crippen LogP contribution in [0.1, 0.15) is 84.8 Å². The quantitative estimate of drug-likeness (QED) is 0.106. The number of primary amides is 1. The minimum Gasteiger partial charge on any atom is -0.508 e. The van der Waals surface area contributed by atoms with Crippen molar-refractivity contribution in [3.63, 3.8) is 0 Å². The van der Waals surface area contributed by atoms with Crippen molar-refractivity contribution in [2.75, 3.05) is 20.2 Å². The zero-order valence-corrected chi connectivity index (χ0v) is 43.3. The monoisotopic (exact) mass is 1110 g/mol. The Morgan fingerprint density at radius 2 is 1.32 bits per heavy atom. The van der Waals surface area contributed by atoms with Crippen LogP contribution in [0, 0.1) is 5.92 Å². The smallest absolute Gasteiger partial charge is 0.246 e. The van der Waals surface area contributed by atoms with Crippen LogP contribution < -0.4 is 52.4 Å². The van der Waals surface area contributed by atoms with Gasteiger partial charge in [0.15, 0.2) is 11.5 Å². The minimum absolute atomic E-state index is 0.00595. The molecule has 16 N–H and O–H groups in total. The van der Waals surface area contributed by atoms with Gasteiger partial charge in [0.25, 0.3) is 0 Å². The van der Waals surface area contributed by atoms with Gasteiger partial charge in [-0.3, -0.25) is 34.1 Å². The van der Waals surface area contributed by atoms with Gasteiger partial charge in [-0.2, -0.15) is 0 Å². The number of rotatable bonds is 8. The predicted octanol–water partition coefficient (Wildman–Crippen LogP) is 2.78. The van der Waals surface area contributed by atoms with Crippen LogP contribution in [0.3, 0.4) is 0 Å². The number of hydrogen-bond donors (Lipinski definition) is 15. The first-order valence-corrected chi connectivity index (χ1v) is 25.2. The number of phenols is 4. The SMILES string of the molecule is CN[C@H](CC(C)C)C(=O)N[C@H]1C(=O)N[C@@H](CC(N)=O)C(=O)N[C@H]2CN[C@H]3C(=O)N[C@H](C(=O)N[C@H](CO)c4cc(O)cc(O)c4-c4cc3ccc4O)[C@H](O)c3ccc(c(Cl)c3)Oc3cc2cc(c3O)Oc2ccc(cc2Cl)[C@H]1O. The fourth-order valence-electron chi connectivity index (χ4n) is 9.45. The lowest BCUT2D eigenvalue weighted by atomic mass is 9.90. The molecule has 0 aromatic heterocycles. The summed E-state index contributed by atoms with van der Waals surface area (Å²) in [6, 6.07) is 5.19. The van der Waals surface area contributed by atoms with E-state index in [0.29, 0.717) is 6.42 Å². The van der Waals surface area contributed by atoms with Crippen molar-refractivity contribution < 1.29 is 74.0 Å². The highest BCUT2D eigenvalue weighted by Gasteiger charge is 2.39. The number of benzene rings is 5. The summed E-state index contributed by atoms with van der Waals surface area (Å²) in [6.07, 6.45) is -4.30.